The maximum atomic E-state index is 6.48. The first kappa shape index (κ1) is 14.2. The zero-order valence-corrected chi connectivity index (χ0v) is 12.2. The smallest absolute Gasteiger partial charge is 0.123 e. The molecular formula is C16H25NO2. The van der Waals surface area contributed by atoms with E-state index in [4.69, 9.17) is 15.2 Å². The van der Waals surface area contributed by atoms with Crippen LogP contribution < -0.4 is 15.2 Å². The second-order valence-corrected chi connectivity index (χ2v) is 5.65. The standard InChI is InChI=1S/C16H25NO2/c1-11-4-6-12(7-5-11)16(17)14-10-13(18-2)8-9-15(14)19-3/h8-12,16H,4-7,17H2,1-3H3. The zero-order valence-electron chi connectivity index (χ0n) is 12.2. The third-order valence-corrected chi connectivity index (χ3v) is 4.36. The van der Waals surface area contributed by atoms with Gasteiger partial charge in [0, 0.05) is 11.6 Å². The third-order valence-electron chi connectivity index (χ3n) is 4.36. The molecule has 0 radical (unpaired) electrons. The second kappa shape index (κ2) is 6.29. The summed E-state index contributed by atoms with van der Waals surface area (Å²) in [4.78, 5) is 0. The van der Waals surface area contributed by atoms with Gasteiger partial charge >= 0.3 is 0 Å². The highest BCUT2D eigenvalue weighted by Crippen LogP contribution is 2.39. The van der Waals surface area contributed by atoms with Crippen molar-refractivity contribution < 1.29 is 9.47 Å². The minimum atomic E-state index is 0.0394. The fourth-order valence-corrected chi connectivity index (χ4v) is 3.00. The Bertz CT molecular complexity index is 411. The predicted octanol–water partition coefficient (Wildman–Crippen LogP) is 3.53. The van der Waals surface area contributed by atoms with Gasteiger partial charge in [-0.1, -0.05) is 19.8 Å². The monoisotopic (exact) mass is 263 g/mol. The van der Waals surface area contributed by atoms with E-state index in [1.54, 1.807) is 14.2 Å². The molecule has 1 fully saturated rings. The fourth-order valence-electron chi connectivity index (χ4n) is 3.00. The van der Waals surface area contributed by atoms with Crippen LogP contribution in [0.2, 0.25) is 0 Å². The average Bonchev–Trinajstić information content (AvgIpc) is 2.46. The largest absolute Gasteiger partial charge is 0.497 e. The Morgan fingerprint density at radius 1 is 1.11 bits per heavy atom. The molecule has 1 aromatic carbocycles. The first-order valence-electron chi connectivity index (χ1n) is 7.13. The van der Waals surface area contributed by atoms with E-state index < -0.39 is 0 Å². The van der Waals surface area contributed by atoms with Crippen LogP contribution >= 0.6 is 0 Å². The summed E-state index contributed by atoms with van der Waals surface area (Å²) in [5.41, 5.74) is 7.55. The van der Waals surface area contributed by atoms with Gasteiger partial charge < -0.3 is 15.2 Å². The number of benzene rings is 1. The number of ether oxygens (including phenoxy) is 2. The molecule has 1 aliphatic rings. The van der Waals surface area contributed by atoms with Crippen LogP contribution in [0.4, 0.5) is 0 Å². The molecule has 19 heavy (non-hydrogen) atoms. The summed E-state index contributed by atoms with van der Waals surface area (Å²) in [5, 5.41) is 0. The number of nitrogens with two attached hydrogens (primary N) is 1. The molecule has 0 aliphatic heterocycles. The quantitative estimate of drug-likeness (QED) is 0.903. The van der Waals surface area contributed by atoms with Gasteiger partial charge in [-0.25, -0.2) is 0 Å². The summed E-state index contributed by atoms with van der Waals surface area (Å²) in [7, 11) is 3.38. The van der Waals surface area contributed by atoms with E-state index >= 15 is 0 Å². The first-order valence-corrected chi connectivity index (χ1v) is 7.13. The Labute approximate surface area is 116 Å². The van der Waals surface area contributed by atoms with Crippen molar-refractivity contribution in [3.8, 4) is 11.5 Å². The third kappa shape index (κ3) is 3.21. The molecule has 0 saturated heterocycles. The Kier molecular flexibility index (Phi) is 4.70. The van der Waals surface area contributed by atoms with Crippen molar-refractivity contribution in [1.82, 2.24) is 0 Å². The molecule has 0 amide bonds. The summed E-state index contributed by atoms with van der Waals surface area (Å²) < 4.78 is 10.7. The van der Waals surface area contributed by atoms with Crippen LogP contribution in [0.3, 0.4) is 0 Å². The molecule has 3 heteroatoms. The second-order valence-electron chi connectivity index (χ2n) is 5.65. The Balaban J connectivity index is 2.19. The Morgan fingerprint density at radius 2 is 1.79 bits per heavy atom. The summed E-state index contributed by atoms with van der Waals surface area (Å²) >= 11 is 0. The summed E-state index contributed by atoms with van der Waals surface area (Å²) in [5.74, 6) is 3.11. The zero-order chi connectivity index (χ0) is 13.8. The first-order chi connectivity index (χ1) is 9.15. The van der Waals surface area contributed by atoms with E-state index in [-0.39, 0.29) is 6.04 Å². The molecule has 0 spiro atoms. The van der Waals surface area contributed by atoms with E-state index in [9.17, 15) is 0 Å². The molecule has 2 rings (SSSR count). The van der Waals surface area contributed by atoms with Gasteiger partial charge in [0.05, 0.1) is 14.2 Å². The van der Waals surface area contributed by atoms with Crippen LogP contribution in [-0.2, 0) is 0 Å². The number of hydrogen-bond acceptors (Lipinski definition) is 3. The number of hydrogen-bond donors (Lipinski definition) is 1. The molecule has 1 aromatic rings. The molecule has 106 valence electrons. The molecule has 0 heterocycles. The van der Waals surface area contributed by atoms with Gasteiger partial charge in [0.2, 0.25) is 0 Å². The van der Waals surface area contributed by atoms with E-state index in [0.717, 1.165) is 23.0 Å². The minimum Gasteiger partial charge on any atom is -0.497 e. The molecule has 0 bridgehead atoms. The fraction of sp³-hybridized carbons (Fsp3) is 0.625. The van der Waals surface area contributed by atoms with Crippen molar-refractivity contribution in [3.63, 3.8) is 0 Å². The topological polar surface area (TPSA) is 44.5 Å². The van der Waals surface area contributed by atoms with E-state index in [0.29, 0.717) is 5.92 Å². The van der Waals surface area contributed by atoms with Gasteiger partial charge in [-0.2, -0.15) is 0 Å². The average molecular weight is 263 g/mol. The van der Waals surface area contributed by atoms with Gasteiger partial charge in [-0.15, -0.1) is 0 Å². The highest BCUT2D eigenvalue weighted by Gasteiger charge is 2.26. The lowest BCUT2D eigenvalue weighted by atomic mass is 9.77. The summed E-state index contributed by atoms with van der Waals surface area (Å²) in [6, 6.07) is 5.91. The summed E-state index contributed by atoms with van der Waals surface area (Å²) in [6.07, 6.45) is 4.99. The molecule has 1 aliphatic carbocycles. The van der Waals surface area contributed by atoms with Crippen molar-refractivity contribution >= 4 is 0 Å². The Morgan fingerprint density at radius 3 is 2.37 bits per heavy atom. The van der Waals surface area contributed by atoms with Crippen LogP contribution in [0.1, 0.15) is 44.2 Å². The molecule has 0 aromatic heterocycles. The maximum absolute atomic E-state index is 6.48. The normalized spacial score (nSPS) is 24.8. The van der Waals surface area contributed by atoms with Gasteiger partial charge in [0.25, 0.3) is 0 Å². The van der Waals surface area contributed by atoms with Crippen LogP contribution in [0.15, 0.2) is 18.2 Å². The SMILES string of the molecule is COc1ccc(OC)c(C(N)C2CCC(C)CC2)c1. The van der Waals surface area contributed by atoms with Crippen molar-refractivity contribution in [1.29, 1.82) is 0 Å². The number of methoxy groups -OCH3 is 2. The van der Waals surface area contributed by atoms with Crippen molar-refractivity contribution in [2.45, 2.75) is 38.6 Å². The Hall–Kier alpha value is -1.22. The van der Waals surface area contributed by atoms with Crippen LogP contribution in [0.25, 0.3) is 0 Å². The van der Waals surface area contributed by atoms with Gasteiger partial charge in [0.1, 0.15) is 11.5 Å². The van der Waals surface area contributed by atoms with Crippen molar-refractivity contribution in [3.05, 3.63) is 23.8 Å². The van der Waals surface area contributed by atoms with Crippen molar-refractivity contribution in [2.75, 3.05) is 14.2 Å². The molecule has 1 unspecified atom stereocenters. The van der Waals surface area contributed by atoms with Crippen LogP contribution in [-0.4, -0.2) is 14.2 Å². The molecular weight excluding hydrogens is 238 g/mol. The van der Waals surface area contributed by atoms with Gasteiger partial charge in [-0.05, 0) is 42.9 Å². The van der Waals surface area contributed by atoms with E-state index in [1.165, 1.54) is 25.7 Å². The van der Waals surface area contributed by atoms with Gasteiger partial charge in [-0.3, -0.25) is 0 Å². The predicted molar refractivity (Wildman–Crippen MR) is 77.6 cm³/mol. The van der Waals surface area contributed by atoms with Crippen LogP contribution in [0.5, 0.6) is 11.5 Å². The lowest BCUT2D eigenvalue weighted by Gasteiger charge is -2.31. The van der Waals surface area contributed by atoms with Crippen molar-refractivity contribution in [2.24, 2.45) is 17.6 Å². The molecule has 1 saturated carbocycles. The maximum Gasteiger partial charge on any atom is 0.123 e. The molecule has 2 N–H and O–H groups in total. The lowest BCUT2D eigenvalue weighted by Crippen LogP contribution is -2.25. The van der Waals surface area contributed by atoms with E-state index in [1.807, 2.05) is 18.2 Å². The van der Waals surface area contributed by atoms with Crippen LogP contribution in [0, 0.1) is 11.8 Å². The van der Waals surface area contributed by atoms with E-state index in [2.05, 4.69) is 6.92 Å². The number of rotatable bonds is 4. The molecule has 1 atom stereocenters. The lowest BCUT2D eigenvalue weighted by molar-refractivity contribution is 0.252. The highest BCUT2D eigenvalue weighted by molar-refractivity contribution is 5.42. The minimum absolute atomic E-state index is 0.0394. The highest BCUT2D eigenvalue weighted by atomic mass is 16.5. The summed E-state index contributed by atoms with van der Waals surface area (Å²) in [6.45, 7) is 2.33. The van der Waals surface area contributed by atoms with Gasteiger partial charge in [0.15, 0.2) is 0 Å². The molecule has 3 nitrogen and oxygen atoms in total.